The number of benzene rings is 1. The van der Waals surface area contributed by atoms with Crippen molar-refractivity contribution in [3.63, 3.8) is 0 Å². The Bertz CT molecular complexity index is 1120. The van der Waals surface area contributed by atoms with Crippen LogP contribution in [0.3, 0.4) is 0 Å². The van der Waals surface area contributed by atoms with Crippen molar-refractivity contribution < 1.29 is 13.6 Å². The van der Waals surface area contributed by atoms with Gasteiger partial charge in [0.15, 0.2) is 12.2 Å². The number of aryl methyl sites for hydroxylation is 1. The van der Waals surface area contributed by atoms with E-state index in [0.29, 0.717) is 25.2 Å². The fourth-order valence-corrected chi connectivity index (χ4v) is 3.74. The number of hydrogen-bond acceptors (Lipinski definition) is 7. The highest BCUT2D eigenvalue weighted by molar-refractivity contribution is 5.98. The number of anilines is 2. The van der Waals surface area contributed by atoms with E-state index < -0.39 is 5.91 Å². The average molecular weight is 423 g/mol. The first kappa shape index (κ1) is 20.6. The maximum Gasteiger partial charge on any atom is 0.254 e. The highest BCUT2D eigenvalue weighted by atomic mass is 19.1. The SMILES string of the molecule is Cc1ncoc1CN1CCC(C#N)C(n2cc(C(N)=O)c(Nc3ccc(F)cc3)n2)C1. The van der Waals surface area contributed by atoms with Crippen LogP contribution in [-0.2, 0) is 6.54 Å². The highest BCUT2D eigenvalue weighted by Crippen LogP contribution is 2.30. The van der Waals surface area contributed by atoms with Crippen LogP contribution in [0.2, 0.25) is 0 Å². The molecule has 2 unspecified atom stereocenters. The number of aromatic nitrogens is 3. The smallest absolute Gasteiger partial charge is 0.254 e. The maximum atomic E-state index is 13.2. The maximum absolute atomic E-state index is 13.2. The predicted octanol–water partition coefficient (Wildman–Crippen LogP) is 2.75. The van der Waals surface area contributed by atoms with E-state index in [2.05, 4.69) is 26.4 Å². The number of nitrogens with zero attached hydrogens (tertiary/aromatic N) is 5. The van der Waals surface area contributed by atoms with Gasteiger partial charge in [-0.2, -0.15) is 10.4 Å². The van der Waals surface area contributed by atoms with Crippen molar-refractivity contribution in [2.75, 3.05) is 18.4 Å². The number of amides is 1. The molecule has 1 amide bonds. The standard InChI is InChI=1S/C21H22FN7O2/c1-13-19(31-12-25-13)11-28-7-6-14(8-23)18(10-28)29-9-17(20(24)30)21(27-29)26-16-4-2-15(22)3-5-16/h2-5,9,12,14,18H,6-7,10-11H2,1H3,(H2,24,30)(H,26,27). The molecule has 9 nitrogen and oxygen atoms in total. The van der Waals surface area contributed by atoms with Crippen LogP contribution >= 0.6 is 0 Å². The van der Waals surface area contributed by atoms with Gasteiger partial charge in [0.25, 0.3) is 5.91 Å². The molecule has 0 radical (unpaired) electrons. The Labute approximate surface area is 178 Å². The monoisotopic (exact) mass is 423 g/mol. The van der Waals surface area contributed by atoms with Crippen molar-refractivity contribution in [1.29, 1.82) is 5.26 Å². The third-order valence-corrected chi connectivity index (χ3v) is 5.49. The van der Waals surface area contributed by atoms with Gasteiger partial charge in [0, 0.05) is 25.0 Å². The molecule has 3 aromatic rings. The van der Waals surface area contributed by atoms with E-state index >= 15 is 0 Å². The number of piperidine rings is 1. The first-order valence-electron chi connectivity index (χ1n) is 9.87. The fraction of sp³-hybridized carbons (Fsp3) is 0.333. The van der Waals surface area contributed by atoms with Gasteiger partial charge in [-0.3, -0.25) is 14.4 Å². The normalized spacial score (nSPS) is 19.1. The van der Waals surface area contributed by atoms with Crippen LogP contribution in [0.15, 0.2) is 41.3 Å². The van der Waals surface area contributed by atoms with Crippen LogP contribution in [0.4, 0.5) is 15.9 Å². The van der Waals surface area contributed by atoms with Crippen LogP contribution in [0.25, 0.3) is 0 Å². The second-order valence-electron chi connectivity index (χ2n) is 7.56. The Balaban J connectivity index is 1.59. The summed E-state index contributed by atoms with van der Waals surface area (Å²) < 4.78 is 20.3. The van der Waals surface area contributed by atoms with E-state index in [-0.39, 0.29) is 29.2 Å². The average Bonchev–Trinajstić information content (AvgIpc) is 3.36. The van der Waals surface area contributed by atoms with Crippen molar-refractivity contribution in [2.24, 2.45) is 11.7 Å². The molecule has 4 rings (SSSR count). The Morgan fingerprint density at radius 3 is 2.84 bits per heavy atom. The molecule has 0 saturated carbocycles. The summed E-state index contributed by atoms with van der Waals surface area (Å²) in [5.41, 5.74) is 7.15. The number of likely N-dealkylation sites (tertiary alicyclic amines) is 1. The minimum Gasteiger partial charge on any atom is -0.447 e. The lowest BCUT2D eigenvalue weighted by molar-refractivity contribution is 0.1000. The Morgan fingerprint density at radius 1 is 1.42 bits per heavy atom. The first-order valence-corrected chi connectivity index (χ1v) is 9.87. The van der Waals surface area contributed by atoms with Crippen LogP contribution in [0.5, 0.6) is 0 Å². The highest BCUT2D eigenvalue weighted by Gasteiger charge is 2.33. The molecule has 31 heavy (non-hydrogen) atoms. The lowest BCUT2D eigenvalue weighted by Gasteiger charge is -2.35. The zero-order chi connectivity index (χ0) is 22.0. The van der Waals surface area contributed by atoms with E-state index in [0.717, 1.165) is 18.0 Å². The zero-order valence-electron chi connectivity index (χ0n) is 17.0. The second-order valence-corrected chi connectivity index (χ2v) is 7.56. The Kier molecular flexibility index (Phi) is 5.68. The van der Waals surface area contributed by atoms with E-state index in [4.69, 9.17) is 10.2 Å². The minimum absolute atomic E-state index is 0.198. The summed E-state index contributed by atoms with van der Waals surface area (Å²) in [4.78, 5) is 18.3. The Hall–Kier alpha value is -3.71. The lowest BCUT2D eigenvalue weighted by atomic mass is 9.93. The van der Waals surface area contributed by atoms with Gasteiger partial charge in [-0.25, -0.2) is 9.37 Å². The first-order chi connectivity index (χ1) is 14.9. The molecular weight excluding hydrogens is 401 g/mol. The summed E-state index contributed by atoms with van der Waals surface area (Å²) in [5.74, 6) is -0.238. The lowest BCUT2D eigenvalue weighted by Crippen LogP contribution is -2.41. The molecule has 0 bridgehead atoms. The summed E-state index contributed by atoms with van der Waals surface area (Å²) in [6, 6.07) is 7.77. The molecule has 1 fully saturated rings. The predicted molar refractivity (Wildman–Crippen MR) is 110 cm³/mol. The molecule has 10 heteroatoms. The van der Waals surface area contributed by atoms with Crippen molar-refractivity contribution in [1.82, 2.24) is 19.7 Å². The summed E-state index contributed by atoms with van der Waals surface area (Å²) >= 11 is 0. The van der Waals surface area contributed by atoms with Crippen LogP contribution in [0.1, 0.15) is 34.3 Å². The van der Waals surface area contributed by atoms with E-state index in [1.54, 1.807) is 23.0 Å². The van der Waals surface area contributed by atoms with Gasteiger partial charge in [-0.1, -0.05) is 0 Å². The van der Waals surface area contributed by atoms with Crippen molar-refractivity contribution >= 4 is 17.4 Å². The summed E-state index contributed by atoms with van der Waals surface area (Å²) in [6.45, 7) is 3.75. The number of carbonyl (C=O) groups excluding carboxylic acids is 1. The molecule has 2 aromatic heterocycles. The van der Waals surface area contributed by atoms with Gasteiger partial charge in [0.2, 0.25) is 0 Å². The van der Waals surface area contributed by atoms with Gasteiger partial charge in [-0.05, 0) is 37.6 Å². The number of rotatable bonds is 6. The number of oxazole rings is 1. The molecular formula is C21H22FN7O2. The number of carbonyl (C=O) groups is 1. The van der Waals surface area contributed by atoms with Gasteiger partial charge in [0.05, 0.1) is 30.3 Å². The molecule has 0 spiro atoms. The number of halogens is 1. The number of primary amides is 1. The number of hydrogen-bond donors (Lipinski definition) is 2. The quantitative estimate of drug-likeness (QED) is 0.624. The summed E-state index contributed by atoms with van der Waals surface area (Å²) in [6.07, 6.45) is 3.64. The minimum atomic E-state index is -0.644. The third-order valence-electron chi connectivity index (χ3n) is 5.49. The van der Waals surface area contributed by atoms with Gasteiger partial charge < -0.3 is 15.5 Å². The van der Waals surface area contributed by atoms with Crippen molar-refractivity contribution in [3.8, 4) is 6.07 Å². The molecule has 3 heterocycles. The third kappa shape index (κ3) is 4.41. The van der Waals surface area contributed by atoms with Crippen LogP contribution < -0.4 is 11.1 Å². The second kappa shape index (κ2) is 8.57. The number of nitriles is 1. The van der Waals surface area contributed by atoms with Gasteiger partial charge >= 0.3 is 0 Å². The fourth-order valence-electron chi connectivity index (χ4n) is 3.74. The molecule has 3 N–H and O–H groups in total. The zero-order valence-corrected chi connectivity index (χ0v) is 17.0. The molecule has 1 saturated heterocycles. The topological polar surface area (TPSA) is 126 Å². The molecule has 1 aliphatic heterocycles. The number of nitrogens with two attached hydrogens (primary N) is 1. The molecule has 1 aromatic carbocycles. The largest absolute Gasteiger partial charge is 0.447 e. The summed E-state index contributed by atoms with van der Waals surface area (Å²) in [5, 5.41) is 17.2. The molecule has 2 atom stereocenters. The molecule has 160 valence electrons. The van der Waals surface area contributed by atoms with Crippen molar-refractivity contribution in [3.05, 3.63) is 59.7 Å². The van der Waals surface area contributed by atoms with Crippen molar-refractivity contribution in [2.45, 2.75) is 25.9 Å². The van der Waals surface area contributed by atoms with E-state index in [1.165, 1.54) is 18.5 Å². The van der Waals surface area contributed by atoms with Gasteiger partial charge in [0.1, 0.15) is 17.1 Å². The molecule has 1 aliphatic rings. The number of nitrogens with one attached hydrogen (secondary N) is 1. The van der Waals surface area contributed by atoms with Crippen LogP contribution in [0, 0.1) is 30.0 Å². The summed E-state index contributed by atoms with van der Waals surface area (Å²) in [7, 11) is 0. The Morgan fingerprint density at radius 2 is 2.19 bits per heavy atom. The molecule has 0 aliphatic carbocycles. The van der Waals surface area contributed by atoms with Crippen LogP contribution in [-0.4, -0.2) is 38.7 Å². The van der Waals surface area contributed by atoms with E-state index in [1.807, 2.05) is 6.92 Å². The van der Waals surface area contributed by atoms with Gasteiger partial charge in [-0.15, -0.1) is 0 Å². The van der Waals surface area contributed by atoms with E-state index in [9.17, 15) is 14.4 Å².